The average Bonchev–Trinajstić information content (AvgIpc) is 3.02. The maximum absolute atomic E-state index is 9.41. The van der Waals surface area contributed by atoms with Gasteiger partial charge in [-0.25, -0.2) is 0 Å². The van der Waals surface area contributed by atoms with Crippen LogP contribution in [0.4, 0.5) is 0 Å². The summed E-state index contributed by atoms with van der Waals surface area (Å²) in [5.74, 6) is -2.20. The molecule has 1 heterocycles. The molecule has 0 unspecified atom stereocenters. The van der Waals surface area contributed by atoms with E-state index in [0.717, 1.165) is 12.3 Å². The molecule has 0 saturated carbocycles. The van der Waals surface area contributed by atoms with Gasteiger partial charge in [0, 0.05) is 29.4 Å². The van der Waals surface area contributed by atoms with Crippen molar-refractivity contribution < 1.29 is 24.5 Å². The molecule has 164 valence electrons. The first-order valence-corrected chi connectivity index (χ1v) is 9.81. The minimum atomic E-state index is -1.55. The number of fused-ring (bicyclic) bond motifs is 1. The molecule has 0 aliphatic rings. The van der Waals surface area contributed by atoms with Gasteiger partial charge in [-0.3, -0.25) is 0 Å². The van der Waals surface area contributed by atoms with Crippen molar-refractivity contribution in [1.29, 1.82) is 0 Å². The Morgan fingerprint density at radius 1 is 1.06 bits per heavy atom. The first-order valence-electron chi connectivity index (χ1n) is 9.81. The molecule has 3 rings (SSSR count). The number of aromatic nitrogens is 1. The van der Waals surface area contributed by atoms with Crippen LogP contribution in [0.1, 0.15) is 25.1 Å². The highest BCUT2D eigenvalue weighted by Crippen LogP contribution is 2.32. The lowest BCUT2D eigenvalue weighted by atomic mass is 10.1. The third-order valence-corrected chi connectivity index (χ3v) is 4.60. The number of methoxy groups -OCH3 is 1. The van der Waals surface area contributed by atoms with E-state index in [0.29, 0.717) is 18.2 Å². The number of carbonyl (C=O) groups excluding carboxylic acids is 2. The van der Waals surface area contributed by atoms with E-state index >= 15 is 0 Å². The van der Waals surface area contributed by atoms with Gasteiger partial charge >= 0.3 is 0 Å². The Labute approximate surface area is 181 Å². The number of hydrogen-bond donors (Lipinski definition) is 1. The van der Waals surface area contributed by atoms with E-state index in [9.17, 15) is 19.8 Å². The van der Waals surface area contributed by atoms with E-state index in [1.54, 1.807) is 7.11 Å². The van der Waals surface area contributed by atoms with Crippen molar-refractivity contribution in [3.8, 4) is 11.4 Å². The number of nitrogens with one attached hydrogen (secondary N) is 1. The zero-order valence-electron chi connectivity index (χ0n) is 18.0. The molecule has 31 heavy (non-hydrogen) atoms. The highest BCUT2D eigenvalue weighted by atomic mass is 16.5. The minimum absolute atomic E-state index is 0.384. The summed E-state index contributed by atoms with van der Waals surface area (Å²) in [6.07, 6.45) is 0.769. The van der Waals surface area contributed by atoms with Gasteiger partial charge in [-0.1, -0.05) is 32.0 Å². The summed E-state index contributed by atoms with van der Waals surface area (Å²) in [6.45, 7) is 7.39. The van der Waals surface area contributed by atoms with Crippen molar-refractivity contribution in [2.45, 2.75) is 33.4 Å². The molecule has 2 aromatic carbocycles. The minimum Gasteiger partial charge on any atom is -0.545 e. The summed E-state index contributed by atoms with van der Waals surface area (Å²) in [7, 11) is 1.72. The van der Waals surface area contributed by atoms with Crippen LogP contribution in [0.3, 0.4) is 0 Å². The predicted molar refractivity (Wildman–Crippen MR) is 116 cm³/mol. The lowest BCUT2D eigenvalue weighted by molar-refractivity contribution is -0.301. The van der Waals surface area contributed by atoms with Crippen LogP contribution in [0, 0.1) is 6.92 Å². The number of para-hydroxylation sites is 1. The van der Waals surface area contributed by atoms with Crippen LogP contribution in [0.15, 0.2) is 60.7 Å². The third-order valence-electron chi connectivity index (χ3n) is 4.60. The van der Waals surface area contributed by atoms with Crippen molar-refractivity contribution >= 4 is 22.8 Å². The summed E-state index contributed by atoms with van der Waals surface area (Å²) in [6, 6.07) is 17.3. The molecular formula is C24H26N2O5-2. The molecule has 0 bridgehead atoms. The predicted octanol–water partition coefficient (Wildman–Crippen LogP) is 1.49. The average molecular weight is 422 g/mol. The van der Waals surface area contributed by atoms with Crippen LogP contribution >= 0.6 is 0 Å². The van der Waals surface area contributed by atoms with Gasteiger partial charge in [-0.2, -0.15) is 0 Å². The Morgan fingerprint density at radius 3 is 2.19 bits per heavy atom. The van der Waals surface area contributed by atoms with Crippen LogP contribution in [-0.2, 0) is 16.1 Å². The molecule has 0 aliphatic carbocycles. The summed E-state index contributed by atoms with van der Waals surface area (Å²) >= 11 is 0. The molecule has 1 N–H and O–H groups in total. The smallest absolute Gasteiger partial charge is 0.119 e. The maximum Gasteiger partial charge on any atom is 0.119 e. The molecule has 0 amide bonds. The summed E-state index contributed by atoms with van der Waals surface area (Å²) in [5.41, 5.74) is 5.01. The van der Waals surface area contributed by atoms with E-state index in [-0.39, 0.29) is 0 Å². The zero-order valence-corrected chi connectivity index (χ0v) is 18.0. The monoisotopic (exact) mass is 422 g/mol. The van der Waals surface area contributed by atoms with Gasteiger partial charge in [0.25, 0.3) is 0 Å². The quantitative estimate of drug-likeness (QED) is 0.578. The SMILES string of the molecule is COc1ccc2c(c1)c(CNC(C)C)c(C)n2-c1ccccc1.O=C([O-])/C=C\C(=O)[O-]. The lowest BCUT2D eigenvalue weighted by Crippen LogP contribution is -2.23. The van der Waals surface area contributed by atoms with E-state index in [4.69, 9.17) is 4.74 Å². The molecule has 0 spiro atoms. The van der Waals surface area contributed by atoms with Crippen LogP contribution < -0.4 is 20.3 Å². The van der Waals surface area contributed by atoms with Crippen molar-refractivity contribution in [1.82, 2.24) is 9.88 Å². The van der Waals surface area contributed by atoms with E-state index in [2.05, 4.69) is 73.1 Å². The van der Waals surface area contributed by atoms with Crippen LogP contribution in [0.25, 0.3) is 16.6 Å². The third kappa shape index (κ3) is 6.45. The fraction of sp³-hybridized carbons (Fsp3) is 0.250. The molecular weight excluding hydrogens is 396 g/mol. The molecule has 0 fully saturated rings. The Balaban J connectivity index is 0.000000366. The number of hydrogen-bond acceptors (Lipinski definition) is 6. The Bertz CT molecular complexity index is 1050. The van der Waals surface area contributed by atoms with Crippen molar-refractivity contribution in [2.75, 3.05) is 7.11 Å². The van der Waals surface area contributed by atoms with Gasteiger partial charge in [-0.15, -0.1) is 0 Å². The Hall–Kier alpha value is -3.58. The van der Waals surface area contributed by atoms with Gasteiger partial charge < -0.3 is 34.4 Å². The number of benzene rings is 2. The van der Waals surface area contributed by atoms with Gasteiger partial charge in [0.2, 0.25) is 0 Å². The fourth-order valence-corrected chi connectivity index (χ4v) is 3.16. The number of carboxylic acid groups (broad SMARTS) is 2. The highest BCUT2D eigenvalue weighted by Gasteiger charge is 2.16. The molecule has 0 atom stereocenters. The van der Waals surface area contributed by atoms with Gasteiger partial charge in [0.05, 0.1) is 24.6 Å². The number of nitrogens with zero attached hydrogens (tertiary/aromatic N) is 1. The molecule has 1 aromatic heterocycles. The Kier molecular flexibility index (Phi) is 8.40. The van der Waals surface area contributed by atoms with E-state index < -0.39 is 11.9 Å². The number of aliphatic carboxylic acids is 2. The molecule has 0 aliphatic heterocycles. The van der Waals surface area contributed by atoms with Gasteiger partial charge in [0.1, 0.15) is 5.75 Å². The first kappa shape index (κ1) is 23.7. The number of carboxylic acids is 2. The first-order chi connectivity index (χ1) is 14.7. The van der Waals surface area contributed by atoms with Crippen molar-refractivity contribution in [3.05, 3.63) is 71.9 Å². The zero-order chi connectivity index (χ0) is 23.0. The summed E-state index contributed by atoms with van der Waals surface area (Å²) in [4.78, 5) is 18.8. The number of carbonyl (C=O) groups is 2. The van der Waals surface area contributed by atoms with Crippen LogP contribution in [0.5, 0.6) is 5.75 Å². The number of ether oxygens (including phenoxy) is 1. The van der Waals surface area contributed by atoms with Gasteiger partial charge in [-0.05, 0) is 55.0 Å². The van der Waals surface area contributed by atoms with Crippen LogP contribution in [0.2, 0.25) is 0 Å². The molecule has 0 saturated heterocycles. The largest absolute Gasteiger partial charge is 0.545 e. The number of rotatable bonds is 7. The lowest BCUT2D eigenvalue weighted by Gasteiger charge is -2.10. The Morgan fingerprint density at radius 2 is 1.68 bits per heavy atom. The maximum atomic E-state index is 9.41. The van der Waals surface area contributed by atoms with Crippen molar-refractivity contribution in [3.63, 3.8) is 0 Å². The highest BCUT2D eigenvalue weighted by molar-refractivity contribution is 5.89. The van der Waals surface area contributed by atoms with Gasteiger partial charge in [0.15, 0.2) is 0 Å². The summed E-state index contributed by atoms with van der Waals surface area (Å²) < 4.78 is 7.75. The topological polar surface area (TPSA) is 106 Å². The van der Waals surface area contributed by atoms with Crippen molar-refractivity contribution in [2.24, 2.45) is 0 Å². The summed E-state index contributed by atoms with van der Waals surface area (Å²) in [5, 5.41) is 23.6. The standard InChI is InChI=1S/C20H24N2O.C4H4O4/c1-14(2)21-13-19-15(3)22(16-8-6-5-7-9-16)20-11-10-17(23-4)12-18(19)20;5-3(6)1-2-4(7)8/h5-12,14,21H,13H2,1-4H3;1-2H,(H,5,6)(H,7,8)/p-2/b;2-1-. The second kappa shape index (κ2) is 11.0. The normalized spacial score (nSPS) is 10.9. The van der Waals surface area contributed by atoms with E-state index in [1.807, 2.05) is 6.07 Å². The molecule has 7 heteroatoms. The molecule has 7 nitrogen and oxygen atoms in total. The fourth-order valence-electron chi connectivity index (χ4n) is 3.16. The van der Waals surface area contributed by atoms with Crippen LogP contribution in [-0.4, -0.2) is 29.7 Å². The molecule has 0 radical (unpaired) electrons. The second-order valence-electron chi connectivity index (χ2n) is 7.13. The molecule has 3 aromatic rings. The second-order valence-corrected chi connectivity index (χ2v) is 7.13. The van der Waals surface area contributed by atoms with E-state index in [1.165, 1.54) is 27.8 Å².